The fraction of sp³-hybridized carbons (Fsp3) is 0.405. The summed E-state index contributed by atoms with van der Waals surface area (Å²) in [5.74, 6) is -0.661. The van der Waals surface area contributed by atoms with Crippen LogP contribution < -0.4 is 10.4 Å². The zero-order valence-corrected chi connectivity index (χ0v) is 30.0. The second-order valence-electron chi connectivity index (χ2n) is 14.2. The van der Waals surface area contributed by atoms with Crippen molar-refractivity contribution in [3.8, 4) is 5.75 Å². The van der Waals surface area contributed by atoms with E-state index in [1.807, 2.05) is 32.0 Å². The number of aryl methyl sites for hydroxylation is 1. The molecule has 51 heavy (non-hydrogen) atoms. The van der Waals surface area contributed by atoms with Gasteiger partial charge < -0.3 is 28.5 Å². The Bertz CT molecular complexity index is 1990. The van der Waals surface area contributed by atoms with Crippen LogP contribution in [-0.2, 0) is 49.7 Å². The molecule has 2 bridgehead atoms. The highest BCUT2D eigenvalue weighted by Crippen LogP contribution is 2.47. The first-order valence-electron chi connectivity index (χ1n) is 17.6. The van der Waals surface area contributed by atoms with Crippen molar-refractivity contribution in [2.75, 3.05) is 13.7 Å². The minimum absolute atomic E-state index is 0.0405. The molecule has 9 heteroatoms. The molecule has 0 radical (unpaired) electrons. The summed E-state index contributed by atoms with van der Waals surface area (Å²) in [6.45, 7) is 7.13. The van der Waals surface area contributed by atoms with Crippen molar-refractivity contribution < 1.29 is 38.1 Å². The lowest BCUT2D eigenvalue weighted by molar-refractivity contribution is -0.188. The number of benzene rings is 3. The Balaban J connectivity index is 1.47. The van der Waals surface area contributed by atoms with Gasteiger partial charge in [0.1, 0.15) is 16.9 Å². The summed E-state index contributed by atoms with van der Waals surface area (Å²) >= 11 is 0. The summed E-state index contributed by atoms with van der Waals surface area (Å²) in [4.78, 5) is 41.4. The molecular formula is C42H46O9. The van der Waals surface area contributed by atoms with Gasteiger partial charge in [0.25, 0.3) is 0 Å². The van der Waals surface area contributed by atoms with Crippen molar-refractivity contribution >= 4 is 22.9 Å². The van der Waals surface area contributed by atoms with E-state index in [0.29, 0.717) is 47.1 Å². The van der Waals surface area contributed by atoms with E-state index in [-0.39, 0.29) is 36.5 Å². The summed E-state index contributed by atoms with van der Waals surface area (Å²) < 4.78 is 30.3. The fourth-order valence-electron chi connectivity index (χ4n) is 7.29. The molecule has 0 saturated heterocycles. The second-order valence-corrected chi connectivity index (χ2v) is 14.2. The number of fused-ring (bicyclic) bond motifs is 13. The van der Waals surface area contributed by atoms with Gasteiger partial charge in [-0.2, -0.15) is 0 Å². The number of hydrogen-bond donors (Lipinski definition) is 1. The van der Waals surface area contributed by atoms with Crippen molar-refractivity contribution in [1.82, 2.24) is 0 Å². The Hall–Kier alpha value is -4.73. The first-order valence-corrected chi connectivity index (χ1v) is 17.6. The molecule has 7 rings (SSSR count). The second kappa shape index (κ2) is 15.3. The number of carbonyl (C=O) groups is 2. The molecule has 0 amide bonds. The maximum atomic E-state index is 14.0. The molecule has 1 N–H and O–H groups in total. The molecule has 3 atom stereocenters. The lowest BCUT2D eigenvalue weighted by Crippen LogP contribution is -2.52. The molecule has 0 aliphatic carbocycles. The van der Waals surface area contributed by atoms with E-state index in [1.165, 1.54) is 12.7 Å². The van der Waals surface area contributed by atoms with E-state index in [4.69, 9.17) is 23.4 Å². The van der Waals surface area contributed by atoms with Gasteiger partial charge in [0, 0.05) is 36.5 Å². The number of rotatable bonds is 6. The zero-order chi connectivity index (χ0) is 36.3. The normalized spacial score (nSPS) is 20.6. The lowest BCUT2D eigenvalue weighted by atomic mass is 9.85. The lowest BCUT2D eigenvalue weighted by Gasteiger charge is -2.43. The molecule has 1 aromatic heterocycles. The number of hydrogen-bond acceptors (Lipinski definition) is 9. The van der Waals surface area contributed by atoms with Crippen LogP contribution in [0.1, 0.15) is 92.4 Å². The van der Waals surface area contributed by atoms with Crippen molar-refractivity contribution in [2.45, 2.75) is 96.6 Å². The average Bonchev–Trinajstić information content (AvgIpc) is 3.10. The number of esters is 2. The quantitative estimate of drug-likeness (QED) is 0.127. The first kappa shape index (κ1) is 36.1. The highest BCUT2D eigenvalue weighted by molar-refractivity contribution is 5.90. The van der Waals surface area contributed by atoms with Crippen LogP contribution in [0.4, 0.5) is 0 Å². The van der Waals surface area contributed by atoms with Crippen LogP contribution in [0.15, 0.2) is 87.1 Å². The Kier molecular flexibility index (Phi) is 10.8. The standard InChI is InChI=1S/C42H46O9/c1-25(2)30-17-13-26-11-14-28(15-12-26)29(23-27-9-7-6-8-10-27)16-20-35(44)48-38-36-34(51-42(3,4)39(38)50-40(30)45)19-18-31-33(24-43)32(21-22-47-5)41(46)49-37(31)36/h6-12,14-15,18-19,29,38-39,43H,13,16-17,20-24H2,1-5H3. The molecular weight excluding hydrogens is 648 g/mol. The molecule has 3 unspecified atom stereocenters. The SMILES string of the molecule is COCCc1c(CO)c2ccc3c(c2oc1=O)C1OC(=O)CCC(Cc2ccccc2)c2ccc(cc2)CCC(=C(C)C)C(=O)OC1C(C)(C)O3. The highest BCUT2D eigenvalue weighted by atomic mass is 16.6. The Morgan fingerprint density at radius 1 is 0.902 bits per heavy atom. The Morgan fingerprint density at radius 3 is 2.33 bits per heavy atom. The third-order valence-corrected chi connectivity index (χ3v) is 10.1. The van der Waals surface area contributed by atoms with E-state index in [2.05, 4.69) is 36.4 Å². The molecule has 3 aromatic carbocycles. The molecule has 3 aliphatic heterocycles. The van der Waals surface area contributed by atoms with E-state index in [9.17, 15) is 19.5 Å². The predicted octanol–water partition coefficient (Wildman–Crippen LogP) is 7.23. The molecule has 9 nitrogen and oxygen atoms in total. The number of aliphatic hydroxyl groups excluding tert-OH is 1. The fourth-order valence-corrected chi connectivity index (χ4v) is 7.29. The van der Waals surface area contributed by atoms with E-state index < -0.39 is 42.0 Å². The zero-order valence-electron chi connectivity index (χ0n) is 30.0. The van der Waals surface area contributed by atoms with E-state index >= 15 is 0 Å². The first-order chi connectivity index (χ1) is 24.5. The van der Waals surface area contributed by atoms with Crippen LogP contribution >= 0.6 is 0 Å². The number of carbonyl (C=O) groups excluding carboxylic acids is 2. The van der Waals surface area contributed by atoms with Gasteiger partial charge in [-0.05, 0) is 93.7 Å². The van der Waals surface area contributed by atoms with Crippen LogP contribution in [-0.4, -0.2) is 42.5 Å². The number of allylic oxidation sites excluding steroid dienone is 1. The highest BCUT2D eigenvalue weighted by Gasteiger charge is 2.50. The minimum atomic E-state index is -1.18. The summed E-state index contributed by atoms with van der Waals surface area (Å²) in [5.41, 5.74) is 4.00. The number of ether oxygens (including phenoxy) is 4. The third-order valence-electron chi connectivity index (χ3n) is 10.1. The monoisotopic (exact) mass is 694 g/mol. The number of methoxy groups -OCH3 is 1. The van der Waals surface area contributed by atoms with Gasteiger partial charge in [-0.1, -0.05) is 60.2 Å². The van der Waals surface area contributed by atoms with Crippen molar-refractivity contribution in [3.63, 3.8) is 0 Å². The molecule has 0 fully saturated rings. The van der Waals surface area contributed by atoms with Crippen molar-refractivity contribution in [3.05, 3.63) is 122 Å². The van der Waals surface area contributed by atoms with Crippen LogP contribution in [0.25, 0.3) is 11.0 Å². The minimum Gasteiger partial charge on any atom is -0.483 e. The largest absolute Gasteiger partial charge is 0.483 e. The molecule has 0 spiro atoms. The van der Waals surface area contributed by atoms with Gasteiger partial charge in [0.15, 0.2) is 12.2 Å². The van der Waals surface area contributed by atoms with E-state index in [1.54, 1.807) is 26.0 Å². The van der Waals surface area contributed by atoms with Crippen LogP contribution in [0.3, 0.4) is 0 Å². The Labute approximate surface area is 298 Å². The number of aliphatic hydroxyl groups is 1. The molecule has 3 aliphatic rings. The molecule has 4 heterocycles. The topological polar surface area (TPSA) is 122 Å². The van der Waals surface area contributed by atoms with Crippen molar-refractivity contribution in [2.24, 2.45) is 0 Å². The predicted molar refractivity (Wildman–Crippen MR) is 193 cm³/mol. The molecule has 0 saturated carbocycles. The smallest absolute Gasteiger partial charge is 0.339 e. The maximum absolute atomic E-state index is 14.0. The average molecular weight is 695 g/mol. The van der Waals surface area contributed by atoms with E-state index in [0.717, 1.165) is 23.1 Å². The summed E-state index contributed by atoms with van der Waals surface area (Å²) in [6, 6.07) is 22.0. The third kappa shape index (κ3) is 7.65. The van der Waals surface area contributed by atoms with Gasteiger partial charge in [-0.3, -0.25) is 4.79 Å². The summed E-state index contributed by atoms with van der Waals surface area (Å²) in [6.07, 6.45) is 0.381. The Morgan fingerprint density at radius 2 is 1.65 bits per heavy atom. The van der Waals surface area contributed by atoms with Crippen LogP contribution in [0, 0.1) is 0 Å². The summed E-state index contributed by atoms with van der Waals surface area (Å²) in [7, 11) is 1.53. The van der Waals surface area contributed by atoms with Crippen LogP contribution in [0.2, 0.25) is 0 Å². The van der Waals surface area contributed by atoms with Gasteiger partial charge >= 0.3 is 17.6 Å². The molecule has 4 aromatic rings. The van der Waals surface area contributed by atoms with Gasteiger partial charge in [-0.15, -0.1) is 0 Å². The van der Waals surface area contributed by atoms with Gasteiger partial charge in [0.05, 0.1) is 18.8 Å². The van der Waals surface area contributed by atoms with Crippen molar-refractivity contribution in [1.29, 1.82) is 0 Å². The summed E-state index contributed by atoms with van der Waals surface area (Å²) in [5, 5.41) is 10.9. The van der Waals surface area contributed by atoms with Gasteiger partial charge in [-0.25, -0.2) is 9.59 Å². The molecule has 268 valence electrons. The van der Waals surface area contributed by atoms with Gasteiger partial charge in [0.2, 0.25) is 0 Å². The maximum Gasteiger partial charge on any atom is 0.339 e. The van der Waals surface area contributed by atoms with Crippen LogP contribution in [0.5, 0.6) is 5.75 Å².